The molecule has 0 bridgehead atoms. The van der Waals surface area contributed by atoms with Crippen LogP contribution in [0.3, 0.4) is 0 Å². The molecule has 0 amide bonds. The van der Waals surface area contributed by atoms with Crippen LogP contribution in [0.25, 0.3) is 0 Å². The van der Waals surface area contributed by atoms with E-state index in [1.165, 1.54) is 11.3 Å². The number of ether oxygens (including phenoxy) is 1. The summed E-state index contributed by atoms with van der Waals surface area (Å²) in [5.41, 5.74) is 0. The quantitative estimate of drug-likeness (QED) is 0.734. The van der Waals surface area contributed by atoms with E-state index in [1.54, 1.807) is 12.1 Å². The van der Waals surface area contributed by atoms with Crippen LogP contribution in [0.5, 0.6) is 10.8 Å². The zero-order valence-electron chi connectivity index (χ0n) is 7.04. The topological polar surface area (TPSA) is 9.23 Å². The van der Waals surface area contributed by atoms with Gasteiger partial charge in [-0.25, -0.2) is 0 Å². The number of halogens is 2. The van der Waals surface area contributed by atoms with Crippen LogP contribution in [0.4, 0.5) is 0 Å². The van der Waals surface area contributed by atoms with E-state index in [0.29, 0.717) is 15.1 Å². The molecule has 0 fully saturated rings. The fraction of sp³-hybridized carbons (Fsp3) is 0. The van der Waals surface area contributed by atoms with E-state index in [9.17, 15) is 0 Å². The van der Waals surface area contributed by atoms with Crippen molar-refractivity contribution in [1.29, 1.82) is 0 Å². The smallest absolute Gasteiger partial charge is 0.182 e. The molecule has 2 aromatic rings. The molecule has 1 aromatic heterocycles. The van der Waals surface area contributed by atoms with Crippen LogP contribution in [0.1, 0.15) is 0 Å². The normalized spacial score (nSPS) is 10.1. The molecule has 72 valence electrons. The van der Waals surface area contributed by atoms with E-state index >= 15 is 0 Å². The SMILES string of the molecule is Clc1ccc(Oc2ccccc2Cl)s1. The summed E-state index contributed by atoms with van der Waals surface area (Å²) >= 11 is 13.1. The molecule has 1 heterocycles. The summed E-state index contributed by atoms with van der Waals surface area (Å²) in [7, 11) is 0. The van der Waals surface area contributed by atoms with Crippen LogP contribution < -0.4 is 4.74 Å². The van der Waals surface area contributed by atoms with Crippen molar-refractivity contribution in [2.75, 3.05) is 0 Å². The molecule has 0 aliphatic heterocycles. The van der Waals surface area contributed by atoms with Crippen LogP contribution in [0, 0.1) is 0 Å². The average Bonchev–Trinajstić information content (AvgIpc) is 2.56. The number of thiophene rings is 1. The van der Waals surface area contributed by atoms with Gasteiger partial charge in [-0.15, -0.1) is 0 Å². The van der Waals surface area contributed by atoms with E-state index in [1.807, 2.05) is 24.3 Å². The van der Waals surface area contributed by atoms with Crippen LogP contribution in [-0.2, 0) is 0 Å². The Hall–Kier alpha value is -0.700. The Kier molecular flexibility index (Phi) is 2.96. The number of rotatable bonds is 2. The molecule has 0 aliphatic carbocycles. The summed E-state index contributed by atoms with van der Waals surface area (Å²) in [6.07, 6.45) is 0. The van der Waals surface area contributed by atoms with Gasteiger partial charge >= 0.3 is 0 Å². The second-order valence-corrected chi connectivity index (χ2v) is 4.68. The Labute approximate surface area is 95.8 Å². The van der Waals surface area contributed by atoms with Crippen molar-refractivity contribution in [3.63, 3.8) is 0 Å². The number of benzene rings is 1. The summed E-state index contributed by atoms with van der Waals surface area (Å²) < 4.78 is 6.23. The predicted octanol–water partition coefficient (Wildman–Crippen LogP) is 4.85. The molecule has 0 saturated heterocycles. The number of para-hydroxylation sites is 1. The second-order valence-electron chi connectivity index (χ2n) is 2.59. The molecule has 1 aromatic carbocycles. The van der Waals surface area contributed by atoms with Gasteiger partial charge in [0, 0.05) is 0 Å². The molecule has 0 atom stereocenters. The van der Waals surface area contributed by atoms with Crippen LogP contribution in [0.15, 0.2) is 36.4 Å². The van der Waals surface area contributed by atoms with Gasteiger partial charge in [-0.05, 0) is 24.3 Å². The zero-order valence-corrected chi connectivity index (χ0v) is 9.36. The third-order valence-electron chi connectivity index (χ3n) is 1.60. The third kappa shape index (κ3) is 2.21. The highest BCUT2D eigenvalue weighted by atomic mass is 35.5. The minimum absolute atomic E-state index is 0.594. The molecule has 0 unspecified atom stereocenters. The molecule has 14 heavy (non-hydrogen) atoms. The lowest BCUT2D eigenvalue weighted by Crippen LogP contribution is -1.80. The maximum Gasteiger partial charge on any atom is 0.182 e. The van der Waals surface area contributed by atoms with Gasteiger partial charge in [0.25, 0.3) is 0 Å². The van der Waals surface area contributed by atoms with Crippen LogP contribution in [0.2, 0.25) is 9.36 Å². The minimum Gasteiger partial charge on any atom is -0.445 e. The summed E-state index contributed by atoms with van der Waals surface area (Å²) in [5, 5.41) is 1.33. The van der Waals surface area contributed by atoms with Crippen molar-refractivity contribution in [2.45, 2.75) is 0 Å². The molecule has 0 aliphatic rings. The first kappa shape index (κ1) is 9.84. The lowest BCUT2D eigenvalue weighted by molar-refractivity contribution is 0.497. The second kappa shape index (κ2) is 4.22. The number of hydrogen-bond acceptors (Lipinski definition) is 2. The highest BCUT2D eigenvalue weighted by Crippen LogP contribution is 2.34. The lowest BCUT2D eigenvalue weighted by Gasteiger charge is -2.03. The van der Waals surface area contributed by atoms with Crippen molar-refractivity contribution >= 4 is 34.5 Å². The third-order valence-corrected chi connectivity index (χ3v) is 3.02. The van der Waals surface area contributed by atoms with Crippen molar-refractivity contribution in [2.24, 2.45) is 0 Å². The van der Waals surface area contributed by atoms with Crippen LogP contribution in [-0.4, -0.2) is 0 Å². The molecular weight excluding hydrogens is 239 g/mol. The molecule has 2 rings (SSSR count). The van der Waals surface area contributed by atoms with E-state index in [2.05, 4.69) is 0 Å². The summed E-state index contributed by atoms with van der Waals surface area (Å²) in [6.45, 7) is 0. The maximum atomic E-state index is 5.93. The fourth-order valence-electron chi connectivity index (χ4n) is 0.988. The first-order chi connectivity index (χ1) is 6.75. The molecule has 1 nitrogen and oxygen atoms in total. The molecule has 0 N–H and O–H groups in total. The van der Waals surface area contributed by atoms with E-state index in [4.69, 9.17) is 27.9 Å². The van der Waals surface area contributed by atoms with Crippen molar-refractivity contribution in [3.8, 4) is 10.8 Å². The molecular formula is C10H6Cl2OS. The monoisotopic (exact) mass is 244 g/mol. The fourth-order valence-corrected chi connectivity index (χ4v) is 2.05. The Balaban J connectivity index is 2.23. The van der Waals surface area contributed by atoms with Crippen molar-refractivity contribution in [1.82, 2.24) is 0 Å². The largest absolute Gasteiger partial charge is 0.445 e. The molecule has 0 spiro atoms. The van der Waals surface area contributed by atoms with Crippen molar-refractivity contribution < 1.29 is 4.74 Å². The first-order valence-electron chi connectivity index (χ1n) is 3.93. The Morgan fingerprint density at radius 2 is 1.79 bits per heavy atom. The van der Waals surface area contributed by atoms with Gasteiger partial charge in [0.15, 0.2) is 5.06 Å². The lowest BCUT2D eigenvalue weighted by atomic mass is 10.3. The molecule has 0 saturated carbocycles. The first-order valence-corrected chi connectivity index (χ1v) is 5.50. The van der Waals surface area contributed by atoms with Gasteiger partial charge in [-0.3, -0.25) is 0 Å². The maximum absolute atomic E-state index is 5.93. The Bertz CT molecular complexity index is 439. The van der Waals surface area contributed by atoms with E-state index < -0.39 is 0 Å². The van der Waals surface area contributed by atoms with Gasteiger partial charge < -0.3 is 4.74 Å². The summed E-state index contributed by atoms with van der Waals surface area (Å²) in [6, 6.07) is 10.9. The van der Waals surface area contributed by atoms with E-state index in [0.717, 1.165) is 5.06 Å². The summed E-state index contributed by atoms with van der Waals surface area (Å²) in [4.78, 5) is 0. The van der Waals surface area contributed by atoms with Gasteiger partial charge in [-0.1, -0.05) is 46.7 Å². The van der Waals surface area contributed by atoms with Crippen LogP contribution >= 0.6 is 34.5 Å². The van der Waals surface area contributed by atoms with Gasteiger partial charge in [0.2, 0.25) is 0 Å². The Morgan fingerprint density at radius 3 is 2.43 bits per heavy atom. The van der Waals surface area contributed by atoms with E-state index in [-0.39, 0.29) is 0 Å². The molecule has 0 radical (unpaired) electrons. The highest BCUT2D eigenvalue weighted by molar-refractivity contribution is 7.17. The number of hydrogen-bond donors (Lipinski definition) is 0. The van der Waals surface area contributed by atoms with Crippen molar-refractivity contribution in [3.05, 3.63) is 45.8 Å². The standard InChI is InChI=1S/C10H6Cl2OS/c11-7-3-1-2-4-8(7)13-10-6-5-9(12)14-10/h1-6H. The Morgan fingerprint density at radius 1 is 1.00 bits per heavy atom. The minimum atomic E-state index is 0.594. The predicted molar refractivity (Wildman–Crippen MR) is 60.9 cm³/mol. The van der Waals surface area contributed by atoms with Gasteiger partial charge in [-0.2, -0.15) is 0 Å². The van der Waals surface area contributed by atoms with Gasteiger partial charge in [0.1, 0.15) is 5.75 Å². The highest BCUT2D eigenvalue weighted by Gasteiger charge is 2.03. The molecule has 4 heteroatoms. The summed E-state index contributed by atoms with van der Waals surface area (Å²) in [5.74, 6) is 0.646. The zero-order chi connectivity index (χ0) is 9.97. The average molecular weight is 245 g/mol. The van der Waals surface area contributed by atoms with Gasteiger partial charge in [0.05, 0.1) is 9.36 Å².